The Kier molecular flexibility index (Phi) is 7.73. The molecule has 186 valence electrons. The van der Waals surface area contributed by atoms with Gasteiger partial charge in [-0.2, -0.15) is 0 Å². The van der Waals surface area contributed by atoms with Crippen molar-refractivity contribution in [3.63, 3.8) is 0 Å². The van der Waals surface area contributed by atoms with Crippen molar-refractivity contribution in [3.8, 4) is 0 Å². The van der Waals surface area contributed by atoms with Gasteiger partial charge < -0.3 is 9.64 Å². The van der Waals surface area contributed by atoms with E-state index < -0.39 is 5.41 Å². The Morgan fingerprint density at radius 3 is 2.56 bits per heavy atom. The van der Waals surface area contributed by atoms with Gasteiger partial charge in [-0.05, 0) is 69.6 Å². The van der Waals surface area contributed by atoms with Crippen molar-refractivity contribution >= 4 is 17.6 Å². The lowest BCUT2D eigenvalue weighted by molar-refractivity contribution is -0.172. The minimum absolute atomic E-state index is 0.0815. The molecular formula is C28H39FN2O3. The van der Waals surface area contributed by atoms with E-state index in [0.717, 1.165) is 44.2 Å². The summed E-state index contributed by atoms with van der Waals surface area (Å²) in [6, 6.07) is 6.93. The number of nitrogens with zero attached hydrogens (tertiary/aromatic N) is 2. The molecule has 3 aliphatic rings. The van der Waals surface area contributed by atoms with E-state index in [0.29, 0.717) is 38.5 Å². The van der Waals surface area contributed by atoms with Crippen LogP contribution in [0.25, 0.3) is 0 Å². The van der Waals surface area contributed by atoms with Gasteiger partial charge in [-0.1, -0.05) is 38.3 Å². The summed E-state index contributed by atoms with van der Waals surface area (Å²) in [5.74, 6) is -0.00142. The molecule has 1 unspecified atom stereocenters. The minimum atomic E-state index is -0.986. The van der Waals surface area contributed by atoms with Gasteiger partial charge in [-0.25, -0.2) is 4.39 Å². The van der Waals surface area contributed by atoms with Crippen LogP contribution >= 0.6 is 0 Å². The fraction of sp³-hybridized carbons (Fsp3) is 0.679. The van der Waals surface area contributed by atoms with Crippen LogP contribution in [0.3, 0.4) is 0 Å². The highest BCUT2D eigenvalue weighted by Crippen LogP contribution is 2.46. The molecule has 1 heterocycles. The van der Waals surface area contributed by atoms with Crippen molar-refractivity contribution in [2.75, 3.05) is 26.2 Å². The van der Waals surface area contributed by atoms with E-state index in [1.165, 1.54) is 31.0 Å². The molecule has 0 spiro atoms. The second kappa shape index (κ2) is 10.6. The largest absolute Gasteiger partial charge is 0.465 e. The summed E-state index contributed by atoms with van der Waals surface area (Å²) in [5.41, 5.74) is 1.16. The molecule has 6 heteroatoms. The van der Waals surface area contributed by atoms with Crippen LogP contribution in [-0.2, 0) is 19.7 Å². The van der Waals surface area contributed by atoms with Gasteiger partial charge in [-0.15, -0.1) is 0 Å². The van der Waals surface area contributed by atoms with Crippen molar-refractivity contribution < 1.29 is 18.7 Å². The molecule has 1 amide bonds. The molecule has 0 N–H and O–H groups in total. The summed E-state index contributed by atoms with van der Waals surface area (Å²) in [5, 5.41) is 0. The molecule has 1 aliphatic heterocycles. The smallest absolute Gasteiger partial charge is 0.321 e. The molecule has 0 bridgehead atoms. The van der Waals surface area contributed by atoms with Crippen LogP contribution in [0, 0.1) is 17.2 Å². The average molecular weight is 471 g/mol. The van der Waals surface area contributed by atoms with E-state index in [2.05, 4.69) is 6.92 Å². The Bertz CT molecular complexity index is 916. The molecule has 5 nitrogen and oxygen atoms in total. The third kappa shape index (κ3) is 5.06. The first-order valence-corrected chi connectivity index (χ1v) is 13.2. The second-order valence-electron chi connectivity index (χ2n) is 10.4. The number of hydrogen-bond donors (Lipinski definition) is 0. The summed E-state index contributed by atoms with van der Waals surface area (Å²) in [6.45, 7) is 6.19. The normalized spacial score (nSPS) is 23.9. The zero-order valence-electron chi connectivity index (χ0n) is 20.8. The van der Waals surface area contributed by atoms with E-state index in [1.54, 1.807) is 19.1 Å². The molecule has 1 aromatic rings. The van der Waals surface area contributed by atoms with Gasteiger partial charge in [-0.3, -0.25) is 14.6 Å². The predicted octanol–water partition coefficient (Wildman–Crippen LogP) is 5.46. The Morgan fingerprint density at radius 1 is 1.18 bits per heavy atom. The number of halogens is 1. The van der Waals surface area contributed by atoms with Crippen LogP contribution in [0.1, 0.15) is 83.6 Å². The number of rotatable bonds is 10. The molecule has 1 saturated heterocycles. The minimum Gasteiger partial charge on any atom is -0.465 e. The van der Waals surface area contributed by atoms with Gasteiger partial charge in [0.2, 0.25) is 5.91 Å². The van der Waals surface area contributed by atoms with Crippen LogP contribution in [-0.4, -0.2) is 48.7 Å². The standard InChI is InChI=1S/C28H39FN2O3/c1-3-5-8-21-19-24(21)30-16-13-27(22-9-6-10-23(29)20-22)14-17-31(18-15-27)25(32)28(11-7-12-28)26(33)34-4-2/h6,9-10,20-21H,3-5,7-8,11-19H2,1-2H3. The third-order valence-corrected chi connectivity index (χ3v) is 8.31. The molecule has 0 radical (unpaired) electrons. The number of carbonyl (C=O) groups excluding carboxylic acids is 2. The topological polar surface area (TPSA) is 59.0 Å². The number of ether oxygens (including phenoxy) is 1. The quantitative estimate of drug-likeness (QED) is 0.337. The number of amides is 1. The van der Waals surface area contributed by atoms with Gasteiger partial charge in [0.1, 0.15) is 11.2 Å². The van der Waals surface area contributed by atoms with Crippen LogP contribution in [0.5, 0.6) is 0 Å². The number of benzene rings is 1. The number of carbonyl (C=O) groups is 2. The van der Waals surface area contributed by atoms with Crippen molar-refractivity contribution in [2.45, 2.75) is 83.5 Å². The van der Waals surface area contributed by atoms with E-state index in [1.807, 2.05) is 11.0 Å². The first-order valence-electron chi connectivity index (χ1n) is 13.2. The fourth-order valence-corrected chi connectivity index (χ4v) is 5.77. The summed E-state index contributed by atoms with van der Waals surface area (Å²) in [4.78, 5) is 32.7. The number of piperidine rings is 1. The fourth-order valence-electron chi connectivity index (χ4n) is 5.77. The van der Waals surface area contributed by atoms with E-state index >= 15 is 0 Å². The summed E-state index contributed by atoms with van der Waals surface area (Å²) in [6.07, 6.45) is 9.25. The molecule has 4 rings (SSSR count). The Hall–Kier alpha value is -2.24. The zero-order chi connectivity index (χ0) is 24.2. The SMILES string of the molecule is CCCCC1CC1=NCCC1(c2cccc(F)c2)CCN(C(=O)C2(C(=O)OCC)CCC2)CC1. The van der Waals surface area contributed by atoms with E-state index in [4.69, 9.17) is 9.73 Å². The number of esters is 1. The average Bonchev–Trinajstić information content (AvgIpc) is 3.55. The van der Waals surface area contributed by atoms with Crippen molar-refractivity contribution in [2.24, 2.45) is 16.3 Å². The van der Waals surface area contributed by atoms with Gasteiger partial charge in [0.25, 0.3) is 0 Å². The number of hydrogen-bond acceptors (Lipinski definition) is 4. The molecule has 2 saturated carbocycles. The van der Waals surface area contributed by atoms with Crippen LogP contribution in [0.15, 0.2) is 29.3 Å². The highest BCUT2D eigenvalue weighted by Gasteiger charge is 2.54. The zero-order valence-corrected chi connectivity index (χ0v) is 20.8. The Labute approximate surface area is 203 Å². The van der Waals surface area contributed by atoms with E-state index in [-0.39, 0.29) is 23.1 Å². The van der Waals surface area contributed by atoms with Gasteiger partial charge in [0, 0.05) is 36.7 Å². The monoisotopic (exact) mass is 470 g/mol. The van der Waals surface area contributed by atoms with Gasteiger partial charge >= 0.3 is 5.97 Å². The summed E-state index contributed by atoms with van der Waals surface area (Å²) in [7, 11) is 0. The van der Waals surface area contributed by atoms with Crippen molar-refractivity contribution in [1.82, 2.24) is 4.90 Å². The first kappa shape index (κ1) is 24.9. The van der Waals surface area contributed by atoms with Crippen molar-refractivity contribution in [1.29, 1.82) is 0 Å². The first-order chi connectivity index (χ1) is 16.4. The number of aliphatic imine (C=N–C) groups is 1. The van der Waals surface area contributed by atoms with Gasteiger partial charge in [0.05, 0.1) is 6.61 Å². The molecule has 3 fully saturated rings. The number of likely N-dealkylation sites (tertiary alicyclic amines) is 1. The molecule has 1 atom stereocenters. The highest BCUT2D eigenvalue weighted by molar-refractivity contribution is 6.03. The lowest BCUT2D eigenvalue weighted by Crippen LogP contribution is -2.56. The second-order valence-corrected chi connectivity index (χ2v) is 10.4. The molecule has 2 aliphatic carbocycles. The molecule has 34 heavy (non-hydrogen) atoms. The van der Waals surface area contributed by atoms with Gasteiger partial charge in [0.15, 0.2) is 0 Å². The number of unbranched alkanes of at least 4 members (excludes halogenated alkanes) is 1. The van der Waals surface area contributed by atoms with Crippen molar-refractivity contribution in [3.05, 3.63) is 35.6 Å². The summed E-state index contributed by atoms with van der Waals surface area (Å²) < 4.78 is 19.4. The van der Waals surface area contributed by atoms with Crippen LogP contribution < -0.4 is 0 Å². The Morgan fingerprint density at radius 2 is 1.94 bits per heavy atom. The predicted molar refractivity (Wildman–Crippen MR) is 131 cm³/mol. The maximum absolute atomic E-state index is 14.2. The third-order valence-electron chi connectivity index (χ3n) is 8.31. The van der Waals surface area contributed by atoms with Crippen LogP contribution in [0.4, 0.5) is 4.39 Å². The molecule has 0 aromatic heterocycles. The molecular weight excluding hydrogens is 431 g/mol. The maximum Gasteiger partial charge on any atom is 0.321 e. The lowest BCUT2D eigenvalue weighted by atomic mass is 9.66. The lowest BCUT2D eigenvalue weighted by Gasteiger charge is -2.46. The summed E-state index contributed by atoms with van der Waals surface area (Å²) >= 11 is 0. The van der Waals surface area contributed by atoms with E-state index in [9.17, 15) is 14.0 Å². The maximum atomic E-state index is 14.2. The molecule has 1 aromatic carbocycles. The highest BCUT2D eigenvalue weighted by atomic mass is 19.1. The van der Waals surface area contributed by atoms with Crippen LogP contribution in [0.2, 0.25) is 0 Å². The Balaban J connectivity index is 1.44.